The van der Waals surface area contributed by atoms with Crippen LogP contribution in [0.1, 0.15) is 32.0 Å². The van der Waals surface area contributed by atoms with E-state index in [1.54, 1.807) is 7.11 Å². The van der Waals surface area contributed by atoms with Crippen LogP contribution >= 0.6 is 0 Å². The van der Waals surface area contributed by atoms with Gasteiger partial charge in [-0.2, -0.15) is 4.57 Å². The van der Waals surface area contributed by atoms with Crippen LogP contribution in [0.5, 0.6) is 11.5 Å². The maximum absolute atomic E-state index is 5.64. The highest BCUT2D eigenvalue weighted by Crippen LogP contribution is 2.31. The number of fused-ring (bicyclic) bond motifs is 1. The van der Waals surface area contributed by atoms with E-state index in [-0.39, 0.29) is 17.0 Å². The Morgan fingerprint density at radius 2 is 1.59 bits per heavy atom. The summed E-state index contributed by atoms with van der Waals surface area (Å²) in [4.78, 5) is 0. The van der Waals surface area contributed by atoms with Crippen molar-refractivity contribution >= 4 is 0 Å². The summed E-state index contributed by atoms with van der Waals surface area (Å²) in [5, 5.41) is 0. The zero-order chi connectivity index (χ0) is 22.6. The molecule has 3 aromatic carbocycles. The Morgan fingerprint density at radius 1 is 0.853 bits per heavy atom. The monoisotopic (exact) mass is 518 g/mol. The number of ether oxygens (including phenoxy) is 2. The van der Waals surface area contributed by atoms with Crippen LogP contribution in [-0.2, 0) is 13.0 Å². The van der Waals surface area contributed by atoms with Crippen LogP contribution in [0.2, 0.25) is 0 Å². The number of methoxy groups -OCH3 is 1. The number of halogens is 1. The van der Waals surface area contributed by atoms with E-state index >= 15 is 0 Å². The molecule has 1 aliphatic heterocycles. The molecule has 0 N–H and O–H groups in total. The maximum Gasteiger partial charge on any atom is 0.262 e. The smallest absolute Gasteiger partial charge is 0.262 e. The maximum atomic E-state index is 5.64. The van der Waals surface area contributed by atoms with Gasteiger partial charge in [0.1, 0.15) is 23.4 Å². The molecule has 4 nitrogen and oxygen atoms in total. The topological polar surface area (TPSA) is 27.3 Å². The van der Waals surface area contributed by atoms with Gasteiger partial charge in [0, 0.05) is 17.5 Å². The van der Waals surface area contributed by atoms with E-state index in [2.05, 4.69) is 76.0 Å². The fourth-order valence-corrected chi connectivity index (χ4v) is 4.80. The molecule has 1 aromatic heterocycles. The molecule has 5 rings (SSSR count). The Hall–Kier alpha value is -3.05. The van der Waals surface area contributed by atoms with Gasteiger partial charge in [0.2, 0.25) is 0 Å². The van der Waals surface area contributed by atoms with Gasteiger partial charge in [-0.1, -0.05) is 30.3 Å². The van der Waals surface area contributed by atoms with Gasteiger partial charge in [-0.15, -0.1) is 0 Å². The lowest BCUT2D eigenvalue weighted by atomic mass is 10.0. The fourth-order valence-electron chi connectivity index (χ4n) is 4.80. The first-order chi connectivity index (χ1) is 16.3. The highest BCUT2D eigenvalue weighted by Gasteiger charge is 2.27. The van der Waals surface area contributed by atoms with Gasteiger partial charge in [0.15, 0.2) is 5.69 Å². The van der Waals surface area contributed by atoms with E-state index in [0.29, 0.717) is 6.61 Å². The van der Waals surface area contributed by atoms with Gasteiger partial charge in [-0.25, -0.2) is 4.57 Å². The third kappa shape index (κ3) is 4.76. The van der Waals surface area contributed by atoms with Gasteiger partial charge in [-0.3, -0.25) is 0 Å². The summed E-state index contributed by atoms with van der Waals surface area (Å²) < 4.78 is 16.1. The number of hydrogen-bond acceptors (Lipinski definition) is 2. The van der Waals surface area contributed by atoms with Gasteiger partial charge in [-0.05, 0) is 74.2 Å². The summed E-state index contributed by atoms with van der Waals surface area (Å²) >= 11 is 0. The summed E-state index contributed by atoms with van der Waals surface area (Å²) in [6, 6.07) is 25.5. The van der Waals surface area contributed by atoms with Crippen molar-refractivity contribution in [3.63, 3.8) is 0 Å². The van der Waals surface area contributed by atoms with Crippen LogP contribution in [0.4, 0.5) is 0 Å². The van der Waals surface area contributed by atoms with Crippen molar-refractivity contribution in [2.75, 3.05) is 13.7 Å². The molecule has 0 radical (unpaired) electrons. The molecule has 0 bridgehead atoms. The van der Waals surface area contributed by atoms with Gasteiger partial charge in [0.25, 0.3) is 5.82 Å². The molecule has 34 heavy (non-hydrogen) atoms. The molecular weight excluding hydrogens is 488 g/mol. The number of rotatable bonds is 6. The normalized spacial score (nSPS) is 12.9. The third-order valence-electron chi connectivity index (χ3n) is 6.44. The zero-order valence-corrected chi connectivity index (χ0v) is 21.4. The Labute approximate surface area is 212 Å². The average molecular weight is 519 g/mol. The second kappa shape index (κ2) is 10.9. The number of aromatic nitrogens is 2. The molecule has 0 fully saturated rings. The highest BCUT2D eigenvalue weighted by molar-refractivity contribution is 5.72. The summed E-state index contributed by atoms with van der Waals surface area (Å²) in [5.74, 6) is 3.19. The fraction of sp³-hybridized carbons (Fsp3) is 0.276. The summed E-state index contributed by atoms with van der Waals surface area (Å²) in [6.07, 6.45) is 7.11. The first-order valence-corrected chi connectivity index (χ1v) is 11.9. The third-order valence-corrected chi connectivity index (χ3v) is 6.44. The molecule has 4 aromatic rings. The highest BCUT2D eigenvalue weighted by atomic mass is 79.9. The van der Waals surface area contributed by atoms with Crippen molar-refractivity contribution in [3.8, 4) is 39.6 Å². The molecule has 0 saturated heterocycles. The predicted octanol–water partition coefficient (Wildman–Crippen LogP) is 3.24. The summed E-state index contributed by atoms with van der Waals surface area (Å²) in [7, 11) is 1.72. The van der Waals surface area contributed by atoms with E-state index in [1.165, 1.54) is 47.6 Å². The number of hydrogen-bond donors (Lipinski definition) is 0. The quantitative estimate of drug-likeness (QED) is 0.366. The number of imidazole rings is 1. The standard InChI is InChI=1S/C29H31N2O2.BrH/c1-3-33-25-18-16-24(17-19-25)31-21-27(30-20-8-4-5-11-29(30)31)23-14-12-22(13-15-23)26-9-6-7-10-28(26)32-2;/h6-7,9-10,12-19,21H,3-5,8,11,20H2,1-2H3;1H/q+1;/p-1. The lowest BCUT2D eigenvalue weighted by Gasteiger charge is -2.09. The van der Waals surface area contributed by atoms with E-state index in [4.69, 9.17) is 9.47 Å². The Morgan fingerprint density at radius 3 is 2.32 bits per heavy atom. The SMILES string of the molecule is CCOc1ccc(-n2cc(-c3ccc(-c4ccccc4OC)cc3)[n+]3c2CCCCC3)cc1.[Br-]. The van der Waals surface area contributed by atoms with E-state index in [9.17, 15) is 0 Å². The van der Waals surface area contributed by atoms with Crippen molar-refractivity contribution in [2.45, 2.75) is 39.2 Å². The summed E-state index contributed by atoms with van der Waals surface area (Å²) in [5.41, 5.74) is 5.97. The van der Waals surface area contributed by atoms with Crippen molar-refractivity contribution in [1.29, 1.82) is 0 Å². The van der Waals surface area contributed by atoms with Crippen LogP contribution < -0.4 is 31.0 Å². The zero-order valence-electron chi connectivity index (χ0n) is 19.8. The van der Waals surface area contributed by atoms with Crippen LogP contribution in [0.3, 0.4) is 0 Å². The molecule has 0 spiro atoms. The summed E-state index contributed by atoms with van der Waals surface area (Å²) in [6.45, 7) is 3.76. The largest absolute Gasteiger partial charge is 1.00 e. The minimum atomic E-state index is 0. The number of benzene rings is 3. The second-order valence-electron chi connectivity index (χ2n) is 8.47. The van der Waals surface area contributed by atoms with Gasteiger partial charge >= 0.3 is 0 Å². The van der Waals surface area contributed by atoms with Crippen molar-refractivity contribution in [2.24, 2.45) is 0 Å². The molecule has 0 aliphatic carbocycles. The molecule has 176 valence electrons. The minimum absolute atomic E-state index is 0. The lowest BCUT2D eigenvalue weighted by molar-refractivity contribution is -0.692. The Balaban J connectivity index is 0.00000274. The van der Waals surface area contributed by atoms with Crippen molar-refractivity contribution in [1.82, 2.24) is 4.57 Å². The van der Waals surface area contributed by atoms with Crippen LogP contribution in [0.25, 0.3) is 28.1 Å². The minimum Gasteiger partial charge on any atom is -1.00 e. The van der Waals surface area contributed by atoms with Gasteiger partial charge in [0.05, 0.1) is 20.3 Å². The van der Waals surface area contributed by atoms with E-state index < -0.39 is 0 Å². The van der Waals surface area contributed by atoms with E-state index in [0.717, 1.165) is 30.0 Å². The number of nitrogens with zero attached hydrogens (tertiary/aromatic N) is 2. The molecule has 0 amide bonds. The number of para-hydroxylation sites is 1. The first-order valence-electron chi connectivity index (χ1n) is 11.9. The molecule has 2 heterocycles. The predicted molar refractivity (Wildman–Crippen MR) is 132 cm³/mol. The van der Waals surface area contributed by atoms with Crippen LogP contribution in [0, 0.1) is 0 Å². The Bertz CT molecular complexity index is 1230. The van der Waals surface area contributed by atoms with E-state index in [1.807, 2.05) is 19.1 Å². The second-order valence-corrected chi connectivity index (χ2v) is 8.47. The molecule has 5 heteroatoms. The van der Waals surface area contributed by atoms with Crippen molar-refractivity contribution < 1.29 is 31.0 Å². The molecular formula is C29H31BrN2O2. The lowest BCUT2D eigenvalue weighted by Crippen LogP contribution is -3.00. The first kappa shape index (κ1) is 24.1. The molecule has 0 unspecified atom stereocenters. The Kier molecular flexibility index (Phi) is 7.73. The molecule has 0 atom stereocenters. The molecule has 0 saturated carbocycles. The van der Waals surface area contributed by atoms with Crippen molar-refractivity contribution in [3.05, 3.63) is 84.8 Å². The molecule has 1 aliphatic rings. The van der Waals surface area contributed by atoms with Crippen LogP contribution in [-0.4, -0.2) is 18.3 Å². The average Bonchev–Trinajstić information content (AvgIpc) is 3.05. The van der Waals surface area contributed by atoms with Gasteiger partial charge < -0.3 is 26.5 Å². The van der Waals surface area contributed by atoms with Crippen LogP contribution in [0.15, 0.2) is 79.0 Å².